The molecule has 0 aliphatic carbocycles. The highest BCUT2D eigenvalue weighted by molar-refractivity contribution is 7.18. The first-order valence-corrected chi connectivity index (χ1v) is 7.23. The summed E-state index contributed by atoms with van der Waals surface area (Å²) in [6, 6.07) is 10.4. The zero-order valence-electron chi connectivity index (χ0n) is 10.6. The largest absolute Gasteiger partial charge is 0.452 e. The third-order valence-corrected chi connectivity index (χ3v) is 4.12. The number of halogens is 1. The molecule has 0 saturated heterocycles. The highest BCUT2D eigenvalue weighted by atomic mass is 35.5. The van der Waals surface area contributed by atoms with Gasteiger partial charge in [-0.1, -0.05) is 29.8 Å². The zero-order chi connectivity index (χ0) is 14.8. The molecule has 1 N–H and O–H groups in total. The number of rotatable bonds is 4. The quantitative estimate of drug-likeness (QED) is 0.591. The van der Waals surface area contributed by atoms with Gasteiger partial charge in [0, 0.05) is 5.39 Å². The van der Waals surface area contributed by atoms with Crippen LogP contribution in [0, 0.1) is 0 Å². The van der Waals surface area contributed by atoms with E-state index in [0.717, 1.165) is 16.9 Å². The van der Waals surface area contributed by atoms with Crippen molar-refractivity contribution >= 4 is 45.6 Å². The van der Waals surface area contributed by atoms with Crippen LogP contribution in [0.3, 0.4) is 0 Å². The number of H-pyrrole nitrogens is 1. The summed E-state index contributed by atoms with van der Waals surface area (Å²) in [5.41, 5.74) is 0.906. The Morgan fingerprint density at radius 2 is 2.05 bits per heavy atom. The molecule has 3 aromatic rings. The van der Waals surface area contributed by atoms with E-state index in [9.17, 15) is 9.59 Å². The third-order valence-electron chi connectivity index (χ3n) is 2.85. The van der Waals surface area contributed by atoms with E-state index in [4.69, 9.17) is 16.3 Å². The van der Waals surface area contributed by atoms with Crippen LogP contribution in [0.2, 0.25) is 4.34 Å². The normalized spacial score (nSPS) is 10.7. The number of hydrogen-bond acceptors (Lipinski definition) is 5. The van der Waals surface area contributed by atoms with Crippen LogP contribution in [0.15, 0.2) is 36.4 Å². The van der Waals surface area contributed by atoms with Gasteiger partial charge in [0.25, 0.3) is 0 Å². The Kier molecular flexibility index (Phi) is 3.72. The van der Waals surface area contributed by atoms with E-state index >= 15 is 0 Å². The number of esters is 1. The predicted molar refractivity (Wildman–Crippen MR) is 80.0 cm³/mol. The van der Waals surface area contributed by atoms with Crippen LogP contribution in [0.5, 0.6) is 0 Å². The van der Waals surface area contributed by atoms with Gasteiger partial charge in [0.2, 0.25) is 5.78 Å². The standard InChI is InChI=1S/C14H9ClN2O3S/c15-12-6-5-11(21-12)10(18)7-20-14(19)13-8-3-1-2-4-9(8)16-17-13/h1-6H,7H2,(H,16,17). The molecule has 106 valence electrons. The Labute approximate surface area is 128 Å². The number of thiophene rings is 1. The third kappa shape index (κ3) is 2.81. The topological polar surface area (TPSA) is 72.1 Å². The number of hydrogen-bond donors (Lipinski definition) is 1. The number of ether oxygens (including phenoxy) is 1. The number of Topliss-reactive ketones (excluding diaryl/α,β-unsaturated/α-hetero) is 1. The smallest absolute Gasteiger partial charge is 0.359 e. The minimum absolute atomic E-state index is 0.169. The summed E-state index contributed by atoms with van der Waals surface area (Å²) in [4.78, 5) is 24.3. The highest BCUT2D eigenvalue weighted by Crippen LogP contribution is 2.22. The number of aromatic amines is 1. The SMILES string of the molecule is O=C(COC(=O)c1n[nH]c2ccccc12)c1ccc(Cl)s1. The molecule has 2 aromatic heterocycles. The average molecular weight is 321 g/mol. The lowest BCUT2D eigenvalue weighted by Crippen LogP contribution is -2.14. The molecule has 0 amide bonds. The van der Waals surface area contributed by atoms with E-state index in [2.05, 4.69) is 10.2 Å². The molecule has 0 bridgehead atoms. The molecule has 0 aliphatic heterocycles. The van der Waals surface area contributed by atoms with Gasteiger partial charge >= 0.3 is 5.97 Å². The summed E-state index contributed by atoms with van der Waals surface area (Å²) in [7, 11) is 0. The fourth-order valence-electron chi connectivity index (χ4n) is 1.85. The van der Waals surface area contributed by atoms with Crippen molar-refractivity contribution in [3.05, 3.63) is 51.3 Å². The van der Waals surface area contributed by atoms with Gasteiger partial charge in [0.05, 0.1) is 14.7 Å². The number of carbonyl (C=O) groups excluding carboxylic acids is 2. The van der Waals surface area contributed by atoms with Crippen molar-refractivity contribution in [3.63, 3.8) is 0 Å². The second-order valence-corrected chi connectivity index (χ2v) is 5.94. The van der Waals surface area contributed by atoms with Crippen LogP contribution in [-0.4, -0.2) is 28.6 Å². The fraction of sp³-hybridized carbons (Fsp3) is 0.0714. The maximum Gasteiger partial charge on any atom is 0.359 e. The molecule has 0 radical (unpaired) electrons. The van der Waals surface area contributed by atoms with Gasteiger partial charge in [-0.3, -0.25) is 9.89 Å². The maximum atomic E-state index is 12.0. The molecule has 7 heteroatoms. The molecule has 0 spiro atoms. The van der Waals surface area contributed by atoms with E-state index in [1.807, 2.05) is 6.07 Å². The molecule has 0 aliphatic rings. The van der Waals surface area contributed by atoms with Gasteiger partial charge in [-0.15, -0.1) is 11.3 Å². The van der Waals surface area contributed by atoms with Crippen LogP contribution >= 0.6 is 22.9 Å². The van der Waals surface area contributed by atoms with Gasteiger partial charge in [-0.2, -0.15) is 5.10 Å². The van der Waals surface area contributed by atoms with Crippen LogP contribution in [-0.2, 0) is 4.74 Å². The molecule has 0 fully saturated rings. The van der Waals surface area contributed by atoms with Crippen LogP contribution < -0.4 is 0 Å². The monoisotopic (exact) mass is 320 g/mol. The number of carbonyl (C=O) groups is 2. The number of aromatic nitrogens is 2. The van der Waals surface area contributed by atoms with Crippen molar-refractivity contribution in [1.29, 1.82) is 0 Å². The molecule has 5 nitrogen and oxygen atoms in total. The van der Waals surface area contributed by atoms with Crippen molar-refractivity contribution in [3.8, 4) is 0 Å². The highest BCUT2D eigenvalue weighted by Gasteiger charge is 2.17. The summed E-state index contributed by atoms with van der Waals surface area (Å²) in [5.74, 6) is -0.927. The minimum atomic E-state index is -0.636. The van der Waals surface area contributed by atoms with Crippen LogP contribution in [0.1, 0.15) is 20.2 Å². The summed E-state index contributed by atoms with van der Waals surface area (Å²) in [6.07, 6.45) is 0. The van der Waals surface area contributed by atoms with Crippen LogP contribution in [0.25, 0.3) is 10.9 Å². The van der Waals surface area contributed by atoms with Crippen molar-refractivity contribution < 1.29 is 14.3 Å². The van der Waals surface area contributed by atoms with E-state index in [0.29, 0.717) is 14.6 Å². The molecule has 0 unspecified atom stereocenters. The number of para-hydroxylation sites is 1. The van der Waals surface area contributed by atoms with E-state index in [-0.39, 0.29) is 18.1 Å². The number of benzene rings is 1. The first-order chi connectivity index (χ1) is 10.1. The van der Waals surface area contributed by atoms with Gasteiger partial charge in [0.15, 0.2) is 12.3 Å². The average Bonchev–Trinajstić information content (AvgIpc) is 3.10. The van der Waals surface area contributed by atoms with Crippen molar-refractivity contribution in [2.24, 2.45) is 0 Å². The summed E-state index contributed by atoms with van der Waals surface area (Å²) in [6.45, 7) is -0.336. The first-order valence-electron chi connectivity index (χ1n) is 6.04. The van der Waals surface area contributed by atoms with Gasteiger partial charge in [-0.05, 0) is 18.2 Å². The molecule has 3 rings (SSSR count). The second-order valence-electron chi connectivity index (χ2n) is 4.22. The Hall–Kier alpha value is -2.18. The molecule has 1 aromatic carbocycles. The lowest BCUT2D eigenvalue weighted by molar-refractivity contribution is 0.0472. The molecular formula is C14H9ClN2O3S. The van der Waals surface area contributed by atoms with E-state index in [1.165, 1.54) is 0 Å². The summed E-state index contributed by atoms with van der Waals surface area (Å²) >= 11 is 6.91. The zero-order valence-corrected chi connectivity index (χ0v) is 12.2. The van der Waals surface area contributed by atoms with Gasteiger partial charge < -0.3 is 4.74 Å². The summed E-state index contributed by atoms with van der Waals surface area (Å²) in [5, 5.41) is 7.32. The fourth-order valence-corrected chi connectivity index (χ4v) is 2.82. The lowest BCUT2D eigenvalue weighted by atomic mass is 10.2. The number of nitrogens with one attached hydrogen (secondary N) is 1. The van der Waals surface area contributed by atoms with E-state index < -0.39 is 5.97 Å². The van der Waals surface area contributed by atoms with Crippen molar-refractivity contribution in [2.75, 3.05) is 6.61 Å². The lowest BCUT2D eigenvalue weighted by Gasteiger charge is -2.01. The molecule has 0 saturated carbocycles. The number of ketones is 1. The molecule has 2 heterocycles. The predicted octanol–water partition coefficient (Wildman–Crippen LogP) is 3.32. The van der Waals surface area contributed by atoms with Crippen molar-refractivity contribution in [1.82, 2.24) is 10.2 Å². The second kappa shape index (κ2) is 5.67. The Morgan fingerprint density at radius 1 is 1.24 bits per heavy atom. The van der Waals surface area contributed by atoms with Crippen molar-refractivity contribution in [2.45, 2.75) is 0 Å². The number of nitrogens with zero attached hydrogens (tertiary/aromatic N) is 1. The first kappa shape index (κ1) is 13.8. The van der Waals surface area contributed by atoms with Gasteiger partial charge in [-0.25, -0.2) is 4.79 Å². The number of fused-ring (bicyclic) bond motifs is 1. The van der Waals surface area contributed by atoms with E-state index in [1.54, 1.807) is 30.3 Å². The van der Waals surface area contributed by atoms with Gasteiger partial charge in [0.1, 0.15) is 0 Å². The van der Waals surface area contributed by atoms with Crippen LogP contribution in [0.4, 0.5) is 0 Å². The Balaban J connectivity index is 1.71. The molecule has 21 heavy (non-hydrogen) atoms. The molecular weight excluding hydrogens is 312 g/mol. The minimum Gasteiger partial charge on any atom is -0.452 e. The maximum absolute atomic E-state index is 12.0. The molecule has 0 atom stereocenters. The summed E-state index contributed by atoms with van der Waals surface area (Å²) < 4.78 is 5.53. The Morgan fingerprint density at radius 3 is 2.81 bits per heavy atom. The Bertz CT molecular complexity index is 824.